The summed E-state index contributed by atoms with van der Waals surface area (Å²) in [6, 6.07) is 0. The van der Waals surface area contributed by atoms with Gasteiger partial charge in [0, 0.05) is 12.8 Å². The second kappa shape index (κ2) is 7.10. The lowest BCUT2D eigenvalue weighted by molar-refractivity contribution is -0.304. The summed E-state index contributed by atoms with van der Waals surface area (Å²) in [5, 5.41) is 47.1. The molecule has 0 spiro atoms. The molecule has 1 unspecified atom stereocenters. The number of rotatable bonds is 4. The molecule has 0 aromatic carbocycles. The molecule has 118 valence electrons. The molecule has 5 N–H and O–H groups in total. The van der Waals surface area contributed by atoms with Crippen molar-refractivity contribution in [2.24, 2.45) is 0 Å². The van der Waals surface area contributed by atoms with Gasteiger partial charge in [-0.25, -0.2) is 0 Å². The van der Waals surface area contributed by atoms with Crippen LogP contribution in [0, 0.1) is 0 Å². The molecule has 0 saturated carbocycles. The highest BCUT2D eigenvalue weighted by molar-refractivity contribution is 4.83. The zero-order chi connectivity index (χ0) is 14.7. The van der Waals surface area contributed by atoms with Gasteiger partial charge in [0.2, 0.25) is 0 Å². The number of ether oxygens (including phenoxy) is 3. The SMILES string of the molecule is OC[C@@H]1CC(O[C@@H]2CC[C@H](O)[C@@H](CO)O2)[C@H](O)[C@H](O)O1. The van der Waals surface area contributed by atoms with Crippen molar-refractivity contribution >= 4 is 0 Å². The van der Waals surface area contributed by atoms with E-state index in [9.17, 15) is 15.3 Å². The quantitative estimate of drug-likeness (QED) is 0.391. The Morgan fingerprint density at radius 2 is 1.75 bits per heavy atom. The maximum absolute atomic E-state index is 9.82. The van der Waals surface area contributed by atoms with E-state index >= 15 is 0 Å². The largest absolute Gasteiger partial charge is 0.394 e. The molecule has 2 heterocycles. The van der Waals surface area contributed by atoms with Crippen molar-refractivity contribution < 1.29 is 39.7 Å². The highest BCUT2D eigenvalue weighted by Gasteiger charge is 2.40. The standard InChI is InChI=1S/C12H22O8/c13-4-6-3-8(11(16)12(17)18-6)19-10-2-1-7(15)9(5-14)20-10/h6-17H,1-5H2/t6-,7-,8?,9+,10-,11-,12+/m0/s1. The van der Waals surface area contributed by atoms with Gasteiger partial charge in [0.15, 0.2) is 12.6 Å². The van der Waals surface area contributed by atoms with Crippen LogP contribution in [-0.2, 0) is 14.2 Å². The molecule has 0 aliphatic carbocycles. The average molecular weight is 294 g/mol. The fraction of sp³-hybridized carbons (Fsp3) is 1.00. The lowest BCUT2D eigenvalue weighted by Crippen LogP contribution is -2.52. The van der Waals surface area contributed by atoms with Gasteiger partial charge < -0.3 is 39.7 Å². The van der Waals surface area contributed by atoms with Gasteiger partial charge in [0.25, 0.3) is 0 Å². The summed E-state index contributed by atoms with van der Waals surface area (Å²) in [7, 11) is 0. The van der Waals surface area contributed by atoms with Crippen LogP contribution in [0.3, 0.4) is 0 Å². The van der Waals surface area contributed by atoms with Crippen molar-refractivity contribution in [2.45, 2.75) is 62.4 Å². The van der Waals surface area contributed by atoms with Crippen molar-refractivity contribution in [2.75, 3.05) is 13.2 Å². The predicted octanol–water partition coefficient (Wildman–Crippen LogP) is -2.31. The van der Waals surface area contributed by atoms with Gasteiger partial charge >= 0.3 is 0 Å². The Morgan fingerprint density at radius 3 is 2.40 bits per heavy atom. The second-order valence-corrected chi connectivity index (χ2v) is 5.16. The Hall–Kier alpha value is -0.320. The van der Waals surface area contributed by atoms with E-state index < -0.39 is 43.1 Å². The molecule has 0 bridgehead atoms. The normalized spacial score (nSPS) is 46.4. The van der Waals surface area contributed by atoms with Crippen LogP contribution < -0.4 is 0 Å². The summed E-state index contributed by atoms with van der Waals surface area (Å²) in [6.07, 6.45) is -5.09. The molecule has 2 rings (SSSR count). The minimum absolute atomic E-state index is 0.223. The van der Waals surface area contributed by atoms with Gasteiger partial charge in [-0.1, -0.05) is 0 Å². The van der Waals surface area contributed by atoms with Gasteiger partial charge in [-0.15, -0.1) is 0 Å². The first-order valence-corrected chi connectivity index (χ1v) is 6.77. The molecule has 2 aliphatic rings. The number of aliphatic hydroxyl groups is 5. The van der Waals surface area contributed by atoms with Crippen LogP contribution in [0.15, 0.2) is 0 Å². The third kappa shape index (κ3) is 3.66. The predicted molar refractivity (Wildman–Crippen MR) is 64.5 cm³/mol. The van der Waals surface area contributed by atoms with E-state index in [0.717, 1.165) is 0 Å². The van der Waals surface area contributed by atoms with E-state index in [0.29, 0.717) is 12.8 Å². The topological polar surface area (TPSA) is 129 Å². The number of aliphatic hydroxyl groups excluding tert-OH is 5. The Kier molecular flexibility index (Phi) is 5.70. The summed E-state index contributed by atoms with van der Waals surface area (Å²) in [5.74, 6) is 0. The van der Waals surface area contributed by atoms with Crippen LogP contribution in [0.1, 0.15) is 19.3 Å². The zero-order valence-electron chi connectivity index (χ0n) is 11.0. The molecule has 0 radical (unpaired) electrons. The molecule has 2 fully saturated rings. The van der Waals surface area contributed by atoms with E-state index in [2.05, 4.69) is 0 Å². The summed E-state index contributed by atoms with van der Waals surface area (Å²) >= 11 is 0. The van der Waals surface area contributed by atoms with E-state index in [4.69, 9.17) is 24.4 Å². The van der Waals surface area contributed by atoms with Gasteiger partial charge in [-0.05, 0) is 6.42 Å². The van der Waals surface area contributed by atoms with Crippen molar-refractivity contribution in [3.8, 4) is 0 Å². The lowest BCUT2D eigenvalue weighted by atomic mass is 10.0. The fourth-order valence-corrected chi connectivity index (χ4v) is 2.48. The molecule has 8 nitrogen and oxygen atoms in total. The Morgan fingerprint density at radius 1 is 1.00 bits per heavy atom. The van der Waals surface area contributed by atoms with Crippen LogP contribution in [0.4, 0.5) is 0 Å². The van der Waals surface area contributed by atoms with E-state index in [1.165, 1.54) is 0 Å². The molecule has 2 saturated heterocycles. The maximum atomic E-state index is 9.82. The Bertz CT molecular complexity index is 301. The highest BCUT2D eigenvalue weighted by Crippen LogP contribution is 2.27. The van der Waals surface area contributed by atoms with Crippen LogP contribution in [-0.4, -0.2) is 81.8 Å². The summed E-state index contributed by atoms with van der Waals surface area (Å²) < 4.78 is 15.9. The first kappa shape index (κ1) is 16.1. The van der Waals surface area contributed by atoms with E-state index in [1.54, 1.807) is 0 Å². The van der Waals surface area contributed by atoms with E-state index in [1.807, 2.05) is 0 Å². The monoisotopic (exact) mass is 294 g/mol. The van der Waals surface area contributed by atoms with Crippen molar-refractivity contribution in [3.63, 3.8) is 0 Å². The van der Waals surface area contributed by atoms with Gasteiger partial charge in [0.05, 0.1) is 31.5 Å². The van der Waals surface area contributed by atoms with E-state index in [-0.39, 0.29) is 19.6 Å². The first-order valence-electron chi connectivity index (χ1n) is 6.77. The molecule has 7 atom stereocenters. The van der Waals surface area contributed by atoms with Crippen molar-refractivity contribution in [1.29, 1.82) is 0 Å². The Labute approximate surface area is 116 Å². The average Bonchev–Trinajstić information content (AvgIpc) is 2.45. The maximum Gasteiger partial charge on any atom is 0.183 e. The second-order valence-electron chi connectivity index (χ2n) is 5.16. The molecular weight excluding hydrogens is 272 g/mol. The minimum atomic E-state index is -1.42. The van der Waals surface area contributed by atoms with Crippen LogP contribution in [0.5, 0.6) is 0 Å². The molecule has 0 amide bonds. The van der Waals surface area contributed by atoms with Gasteiger partial charge in [-0.3, -0.25) is 0 Å². The molecule has 0 aromatic heterocycles. The molecule has 8 heteroatoms. The third-order valence-electron chi connectivity index (χ3n) is 3.66. The van der Waals surface area contributed by atoms with Crippen molar-refractivity contribution in [1.82, 2.24) is 0 Å². The van der Waals surface area contributed by atoms with Crippen LogP contribution >= 0.6 is 0 Å². The Balaban J connectivity index is 1.91. The van der Waals surface area contributed by atoms with Crippen LogP contribution in [0.25, 0.3) is 0 Å². The first-order chi connectivity index (χ1) is 9.55. The summed E-state index contributed by atoms with van der Waals surface area (Å²) in [6.45, 7) is -0.605. The molecule has 0 aromatic rings. The molecule has 2 aliphatic heterocycles. The minimum Gasteiger partial charge on any atom is -0.394 e. The molecular formula is C12H22O8. The zero-order valence-corrected chi connectivity index (χ0v) is 11.0. The summed E-state index contributed by atoms with van der Waals surface area (Å²) in [4.78, 5) is 0. The number of hydrogen-bond acceptors (Lipinski definition) is 8. The smallest absolute Gasteiger partial charge is 0.183 e. The fourth-order valence-electron chi connectivity index (χ4n) is 2.48. The third-order valence-corrected chi connectivity index (χ3v) is 3.66. The van der Waals surface area contributed by atoms with Gasteiger partial charge in [0.1, 0.15) is 12.2 Å². The van der Waals surface area contributed by atoms with Crippen molar-refractivity contribution in [3.05, 3.63) is 0 Å². The van der Waals surface area contributed by atoms with Gasteiger partial charge in [-0.2, -0.15) is 0 Å². The lowest BCUT2D eigenvalue weighted by Gasteiger charge is -2.40. The summed E-state index contributed by atoms with van der Waals surface area (Å²) in [5.41, 5.74) is 0. The van der Waals surface area contributed by atoms with Crippen LogP contribution in [0.2, 0.25) is 0 Å². The molecule has 20 heavy (non-hydrogen) atoms. The number of hydrogen-bond donors (Lipinski definition) is 5. The highest BCUT2D eigenvalue weighted by atomic mass is 16.7.